The molecule has 0 saturated carbocycles. The van der Waals surface area contributed by atoms with Crippen molar-refractivity contribution in [3.8, 4) is 0 Å². The number of imidazole rings is 1. The molecule has 0 aromatic carbocycles. The Bertz CT molecular complexity index is 276. The molecule has 2 heterocycles. The van der Waals surface area contributed by atoms with Crippen LogP contribution in [0, 0.1) is 0 Å². The maximum Gasteiger partial charge on any atom is 0.206 e. The van der Waals surface area contributed by atoms with Crippen LogP contribution in [0.1, 0.15) is 12.8 Å². The summed E-state index contributed by atoms with van der Waals surface area (Å²) < 4.78 is 1.92. The molecule has 1 aromatic rings. The molecule has 0 aliphatic carbocycles. The number of rotatable bonds is 1. The van der Waals surface area contributed by atoms with Gasteiger partial charge in [0.1, 0.15) is 5.15 Å². The van der Waals surface area contributed by atoms with Crippen molar-refractivity contribution in [1.82, 2.24) is 9.55 Å². The van der Waals surface area contributed by atoms with E-state index in [9.17, 15) is 0 Å². The van der Waals surface area contributed by atoms with Gasteiger partial charge in [-0.3, -0.25) is 0 Å². The first-order valence-electron chi connectivity index (χ1n) is 4.21. The number of hydrogen-bond acceptors (Lipinski definition) is 2. The molecule has 0 N–H and O–H groups in total. The minimum Gasteiger partial charge on any atom is -0.342 e. The van der Waals surface area contributed by atoms with Gasteiger partial charge in [0, 0.05) is 20.1 Å². The molecule has 1 aliphatic rings. The van der Waals surface area contributed by atoms with Gasteiger partial charge in [-0.2, -0.15) is 0 Å². The van der Waals surface area contributed by atoms with Gasteiger partial charge in [0.15, 0.2) is 0 Å². The molecule has 3 nitrogen and oxygen atoms in total. The third-order valence-corrected chi connectivity index (χ3v) is 2.65. The monoisotopic (exact) mass is 185 g/mol. The van der Waals surface area contributed by atoms with Gasteiger partial charge in [-0.1, -0.05) is 11.6 Å². The molecule has 1 aromatic heterocycles. The highest BCUT2D eigenvalue weighted by molar-refractivity contribution is 6.29. The van der Waals surface area contributed by atoms with Crippen LogP contribution in [-0.4, -0.2) is 22.6 Å². The maximum absolute atomic E-state index is 5.88. The van der Waals surface area contributed by atoms with Gasteiger partial charge in [-0.25, -0.2) is 4.98 Å². The standard InChI is InChI=1S/C8H12ClN3/c1-11-7(9)6-10-8(11)12-4-2-3-5-12/h6H,2-5H2,1H3. The van der Waals surface area contributed by atoms with E-state index in [0.29, 0.717) is 5.15 Å². The van der Waals surface area contributed by atoms with Crippen LogP contribution in [-0.2, 0) is 7.05 Å². The first-order chi connectivity index (χ1) is 5.79. The number of halogens is 1. The van der Waals surface area contributed by atoms with Crippen LogP contribution >= 0.6 is 11.6 Å². The van der Waals surface area contributed by atoms with E-state index in [0.717, 1.165) is 19.0 Å². The van der Waals surface area contributed by atoms with Crippen LogP contribution < -0.4 is 4.90 Å². The SMILES string of the molecule is Cn1c(Cl)cnc1N1CCCC1. The Hall–Kier alpha value is -0.700. The van der Waals surface area contributed by atoms with Gasteiger partial charge in [0.25, 0.3) is 0 Å². The van der Waals surface area contributed by atoms with Gasteiger partial charge >= 0.3 is 0 Å². The predicted molar refractivity (Wildman–Crippen MR) is 49.7 cm³/mol. The molecular weight excluding hydrogens is 174 g/mol. The third kappa shape index (κ3) is 1.18. The molecule has 2 rings (SSSR count). The zero-order valence-corrected chi connectivity index (χ0v) is 7.88. The van der Waals surface area contributed by atoms with Crippen molar-refractivity contribution < 1.29 is 0 Å². The molecule has 12 heavy (non-hydrogen) atoms. The summed E-state index contributed by atoms with van der Waals surface area (Å²) in [4.78, 5) is 6.52. The van der Waals surface area contributed by atoms with Crippen molar-refractivity contribution in [3.63, 3.8) is 0 Å². The summed E-state index contributed by atoms with van der Waals surface area (Å²) in [6.07, 6.45) is 4.24. The first-order valence-corrected chi connectivity index (χ1v) is 4.59. The number of anilines is 1. The van der Waals surface area contributed by atoms with Gasteiger partial charge in [0.2, 0.25) is 5.95 Å². The lowest BCUT2D eigenvalue weighted by molar-refractivity contribution is 0.822. The quantitative estimate of drug-likeness (QED) is 0.664. The van der Waals surface area contributed by atoms with Crippen molar-refractivity contribution in [3.05, 3.63) is 11.3 Å². The molecule has 0 spiro atoms. The lowest BCUT2D eigenvalue weighted by atomic mass is 10.4. The van der Waals surface area contributed by atoms with Crippen molar-refractivity contribution in [2.24, 2.45) is 7.05 Å². The molecule has 1 fully saturated rings. The number of nitrogens with zero attached hydrogens (tertiary/aromatic N) is 3. The Kier molecular flexibility index (Phi) is 1.97. The third-order valence-electron chi connectivity index (χ3n) is 2.30. The minimum atomic E-state index is 0.705. The van der Waals surface area contributed by atoms with Crippen LogP contribution in [0.25, 0.3) is 0 Å². The van der Waals surface area contributed by atoms with Crippen molar-refractivity contribution in [1.29, 1.82) is 0 Å². The summed E-state index contributed by atoms with van der Waals surface area (Å²) in [5.74, 6) is 0.998. The van der Waals surface area contributed by atoms with E-state index in [1.165, 1.54) is 12.8 Å². The van der Waals surface area contributed by atoms with Crippen LogP contribution in [0.2, 0.25) is 5.15 Å². The summed E-state index contributed by atoms with van der Waals surface area (Å²) in [6, 6.07) is 0. The fourth-order valence-electron chi connectivity index (χ4n) is 1.59. The van der Waals surface area contributed by atoms with Crippen molar-refractivity contribution in [2.45, 2.75) is 12.8 Å². The Morgan fingerprint density at radius 3 is 2.58 bits per heavy atom. The zero-order chi connectivity index (χ0) is 8.55. The summed E-state index contributed by atoms with van der Waals surface area (Å²) in [6.45, 7) is 2.22. The van der Waals surface area contributed by atoms with Gasteiger partial charge in [-0.05, 0) is 12.8 Å². The molecule has 0 amide bonds. The molecular formula is C8H12ClN3. The van der Waals surface area contributed by atoms with Crippen LogP contribution in [0.5, 0.6) is 0 Å². The second-order valence-electron chi connectivity index (χ2n) is 3.13. The smallest absolute Gasteiger partial charge is 0.206 e. The molecule has 66 valence electrons. The van der Waals surface area contributed by atoms with E-state index >= 15 is 0 Å². The Morgan fingerprint density at radius 1 is 1.42 bits per heavy atom. The van der Waals surface area contributed by atoms with E-state index in [-0.39, 0.29) is 0 Å². The van der Waals surface area contributed by atoms with Crippen molar-refractivity contribution >= 4 is 17.5 Å². The Labute approximate surface area is 77.0 Å². The van der Waals surface area contributed by atoms with E-state index < -0.39 is 0 Å². The van der Waals surface area contributed by atoms with E-state index in [4.69, 9.17) is 11.6 Å². The van der Waals surface area contributed by atoms with Crippen LogP contribution in [0.15, 0.2) is 6.20 Å². The largest absolute Gasteiger partial charge is 0.342 e. The van der Waals surface area contributed by atoms with E-state index in [1.54, 1.807) is 6.20 Å². The number of aromatic nitrogens is 2. The highest BCUT2D eigenvalue weighted by atomic mass is 35.5. The molecule has 0 radical (unpaired) electrons. The molecule has 1 aliphatic heterocycles. The summed E-state index contributed by atoms with van der Waals surface area (Å²) >= 11 is 5.88. The maximum atomic E-state index is 5.88. The van der Waals surface area contributed by atoms with Gasteiger partial charge < -0.3 is 9.47 Å². The fourth-order valence-corrected chi connectivity index (χ4v) is 1.72. The molecule has 4 heteroatoms. The van der Waals surface area contributed by atoms with Crippen molar-refractivity contribution in [2.75, 3.05) is 18.0 Å². The lowest BCUT2D eigenvalue weighted by Gasteiger charge is -2.15. The Balaban J connectivity index is 2.26. The molecule has 0 unspecified atom stereocenters. The average Bonchev–Trinajstić information content (AvgIpc) is 2.64. The zero-order valence-electron chi connectivity index (χ0n) is 7.13. The Morgan fingerprint density at radius 2 is 2.08 bits per heavy atom. The minimum absolute atomic E-state index is 0.705. The molecule has 0 bridgehead atoms. The van der Waals surface area contributed by atoms with Crippen LogP contribution in [0.4, 0.5) is 5.95 Å². The van der Waals surface area contributed by atoms with Crippen LogP contribution in [0.3, 0.4) is 0 Å². The summed E-state index contributed by atoms with van der Waals surface area (Å²) in [5, 5.41) is 0.705. The summed E-state index contributed by atoms with van der Waals surface area (Å²) in [7, 11) is 1.95. The average molecular weight is 186 g/mol. The highest BCUT2D eigenvalue weighted by Crippen LogP contribution is 2.21. The van der Waals surface area contributed by atoms with E-state index in [1.807, 2.05) is 11.6 Å². The topological polar surface area (TPSA) is 21.1 Å². The molecule has 1 saturated heterocycles. The van der Waals surface area contributed by atoms with Gasteiger partial charge in [-0.15, -0.1) is 0 Å². The number of hydrogen-bond donors (Lipinski definition) is 0. The summed E-state index contributed by atoms with van der Waals surface area (Å²) in [5.41, 5.74) is 0. The second kappa shape index (κ2) is 2.98. The molecule has 0 atom stereocenters. The lowest BCUT2D eigenvalue weighted by Crippen LogP contribution is -2.21. The van der Waals surface area contributed by atoms with Gasteiger partial charge in [0.05, 0.1) is 6.20 Å². The van der Waals surface area contributed by atoms with E-state index in [2.05, 4.69) is 9.88 Å². The first kappa shape index (κ1) is 7.92. The normalized spacial score (nSPS) is 17.3. The second-order valence-corrected chi connectivity index (χ2v) is 3.52. The highest BCUT2D eigenvalue weighted by Gasteiger charge is 2.16. The predicted octanol–water partition coefficient (Wildman–Crippen LogP) is 1.67. The fraction of sp³-hybridized carbons (Fsp3) is 0.625.